The molecule has 2 unspecified atom stereocenters. The number of amides is 1. The minimum Gasteiger partial charge on any atom is -0.395 e. The molecule has 1 aromatic rings. The Morgan fingerprint density at radius 1 is 1.52 bits per heavy atom. The number of aliphatic hydroxyl groups is 1. The molecule has 0 aromatic heterocycles. The van der Waals surface area contributed by atoms with Crippen molar-refractivity contribution in [3.63, 3.8) is 0 Å². The molecule has 0 aliphatic carbocycles. The molecule has 0 spiro atoms. The van der Waals surface area contributed by atoms with E-state index in [4.69, 9.17) is 9.84 Å². The summed E-state index contributed by atoms with van der Waals surface area (Å²) in [5, 5.41) is 11.8. The van der Waals surface area contributed by atoms with Crippen LogP contribution in [0.1, 0.15) is 35.7 Å². The summed E-state index contributed by atoms with van der Waals surface area (Å²) >= 11 is 0. The van der Waals surface area contributed by atoms with Gasteiger partial charge in [-0.15, -0.1) is 0 Å². The fourth-order valence-corrected chi connectivity index (χ4v) is 2.35. The van der Waals surface area contributed by atoms with Gasteiger partial charge in [-0.05, 0) is 25.5 Å². The molecule has 0 radical (unpaired) electrons. The van der Waals surface area contributed by atoms with Crippen LogP contribution in [0.3, 0.4) is 0 Å². The van der Waals surface area contributed by atoms with Crippen LogP contribution in [0.4, 0.5) is 0 Å². The second kappa shape index (κ2) is 7.82. The normalized spacial score (nSPS) is 18.7. The van der Waals surface area contributed by atoms with E-state index in [1.54, 1.807) is 6.07 Å². The van der Waals surface area contributed by atoms with Crippen LogP contribution in [0.15, 0.2) is 24.3 Å². The smallest absolute Gasteiger partial charge is 0.252 e. The molecule has 1 aliphatic heterocycles. The number of hydrogen-bond donors (Lipinski definition) is 2. The maximum atomic E-state index is 12.4. The minimum atomic E-state index is -0.108. The van der Waals surface area contributed by atoms with Crippen LogP contribution in [0.2, 0.25) is 0 Å². The van der Waals surface area contributed by atoms with Gasteiger partial charge in [0.05, 0.1) is 18.8 Å². The molecule has 2 N–H and O–H groups in total. The Kier molecular flexibility index (Phi) is 5.79. The number of benzene rings is 1. The quantitative estimate of drug-likeness (QED) is 0.827. The highest BCUT2D eigenvalue weighted by molar-refractivity contribution is 5.96. The first-order chi connectivity index (χ1) is 10.2. The number of carbonyl (C=O) groups excluding carboxylic acids is 1. The van der Waals surface area contributed by atoms with Gasteiger partial charge in [-0.2, -0.15) is 0 Å². The topological polar surface area (TPSA) is 58.6 Å². The predicted molar refractivity (Wildman–Crippen MR) is 80.9 cm³/mol. The highest BCUT2D eigenvalue weighted by Crippen LogP contribution is 2.17. The van der Waals surface area contributed by atoms with E-state index in [0.29, 0.717) is 30.1 Å². The molecule has 112 valence electrons. The summed E-state index contributed by atoms with van der Waals surface area (Å²) in [6.07, 6.45) is 1.39. The van der Waals surface area contributed by atoms with Crippen LogP contribution in [0, 0.1) is 17.8 Å². The Balaban J connectivity index is 2.06. The lowest BCUT2D eigenvalue weighted by molar-refractivity contribution is 0.0922. The van der Waals surface area contributed by atoms with Crippen molar-refractivity contribution in [1.29, 1.82) is 0 Å². The monoisotopic (exact) mass is 287 g/mol. The molecule has 4 heteroatoms. The van der Waals surface area contributed by atoms with Gasteiger partial charge >= 0.3 is 0 Å². The van der Waals surface area contributed by atoms with Crippen LogP contribution >= 0.6 is 0 Å². The summed E-state index contributed by atoms with van der Waals surface area (Å²) in [5.41, 5.74) is 1.27. The van der Waals surface area contributed by atoms with Gasteiger partial charge in [0.25, 0.3) is 5.91 Å². The third-order valence-corrected chi connectivity index (χ3v) is 3.66. The predicted octanol–water partition coefficient (Wildman–Crippen LogP) is 1.58. The highest BCUT2D eigenvalue weighted by atomic mass is 16.5. The molecule has 1 amide bonds. The average Bonchev–Trinajstić information content (AvgIpc) is 3.02. The molecule has 0 bridgehead atoms. The molecule has 21 heavy (non-hydrogen) atoms. The molecule has 1 aliphatic rings. The molecular formula is C17H21NO3. The van der Waals surface area contributed by atoms with Crippen molar-refractivity contribution in [2.24, 2.45) is 5.92 Å². The second-order valence-corrected chi connectivity index (χ2v) is 5.21. The first-order valence-corrected chi connectivity index (χ1v) is 7.29. The van der Waals surface area contributed by atoms with Crippen LogP contribution in [-0.2, 0) is 4.74 Å². The SMILES string of the molecule is CC(NC(=O)c1ccccc1C#CCCO)C1CCOC1. The molecule has 1 saturated heterocycles. The third kappa shape index (κ3) is 4.32. The van der Waals surface area contributed by atoms with E-state index < -0.39 is 0 Å². The third-order valence-electron chi connectivity index (χ3n) is 3.66. The van der Waals surface area contributed by atoms with Gasteiger partial charge in [-0.25, -0.2) is 0 Å². The van der Waals surface area contributed by atoms with Crippen molar-refractivity contribution >= 4 is 5.91 Å². The molecule has 1 heterocycles. The van der Waals surface area contributed by atoms with E-state index in [0.717, 1.165) is 13.0 Å². The van der Waals surface area contributed by atoms with E-state index in [-0.39, 0.29) is 18.6 Å². The molecular weight excluding hydrogens is 266 g/mol. The van der Waals surface area contributed by atoms with Crippen molar-refractivity contribution in [3.05, 3.63) is 35.4 Å². The summed E-state index contributed by atoms with van der Waals surface area (Å²) in [5.74, 6) is 6.07. The zero-order valence-electron chi connectivity index (χ0n) is 12.3. The lowest BCUT2D eigenvalue weighted by Gasteiger charge is -2.19. The van der Waals surface area contributed by atoms with Gasteiger partial charge in [0.15, 0.2) is 0 Å². The summed E-state index contributed by atoms with van der Waals surface area (Å²) < 4.78 is 5.36. The Bertz CT molecular complexity index is 538. The van der Waals surface area contributed by atoms with E-state index >= 15 is 0 Å². The van der Waals surface area contributed by atoms with Gasteiger partial charge in [0, 0.05) is 30.6 Å². The minimum absolute atomic E-state index is 0.0279. The van der Waals surface area contributed by atoms with E-state index in [2.05, 4.69) is 17.2 Å². The molecule has 1 aromatic carbocycles. The summed E-state index contributed by atoms with van der Waals surface area (Å²) in [6.45, 7) is 3.52. The number of nitrogens with one attached hydrogen (secondary N) is 1. The first-order valence-electron chi connectivity index (χ1n) is 7.29. The highest BCUT2D eigenvalue weighted by Gasteiger charge is 2.24. The Labute approximate surface area is 125 Å². The first kappa shape index (κ1) is 15.6. The van der Waals surface area contributed by atoms with Crippen LogP contribution in [-0.4, -0.2) is 36.9 Å². The van der Waals surface area contributed by atoms with Gasteiger partial charge in [0.1, 0.15) is 0 Å². The average molecular weight is 287 g/mol. The van der Waals surface area contributed by atoms with Crippen molar-refractivity contribution in [2.75, 3.05) is 19.8 Å². The standard InChI is InChI=1S/C17H21NO3/c1-13(15-9-11-21-12-15)18-17(20)16-8-3-2-6-14(16)7-4-5-10-19/h2-3,6,8,13,15,19H,5,9-12H2,1H3,(H,18,20). The maximum absolute atomic E-state index is 12.4. The summed E-state index contributed by atoms with van der Waals surface area (Å²) in [7, 11) is 0. The number of ether oxygens (including phenoxy) is 1. The number of hydrogen-bond acceptors (Lipinski definition) is 3. The summed E-state index contributed by atoms with van der Waals surface area (Å²) in [4.78, 5) is 12.4. The lowest BCUT2D eigenvalue weighted by atomic mass is 9.99. The zero-order valence-corrected chi connectivity index (χ0v) is 12.3. The molecule has 2 rings (SSSR count). The van der Waals surface area contributed by atoms with Crippen molar-refractivity contribution < 1.29 is 14.6 Å². The van der Waals surface area contributed by atoms with Crippen molar-refractivity contribution in [3.8, 4) is 11.8 Å². The maximum Gasteiger partial charge on any atom is 0.252 e. The van der Waals surface area contributed by atoms with Crippen LogP contribution in [0.25, 0.3) is 0 Å². The Morgan fingerprint density at radius 2 is 2.33 bits per heavy atom. The molecule has 0 saturated carbocycles. The Hall–Kier alpha value is -1.83. The van der Waals surface area contributed by atoms with Gasteiger partial charge in [0.2, 0.25) is 0 Å². The van der Waals surface area contributed by atoms with Gasteiger partial charge in [-0.3, -0.25) is 4.79 Å². The number of aliphatic hydroxyl groups excluding tert-OH is 1. The number of rotatable bonds is 4. The van der Waals surface area contributed by atoms with E-state index in [1.807, 2.05) is 25.1 Å². The van der Waals surface area contributed by atoms with Crippen LogP contribution in [0.5, 0.6) is 0 Å². The summed E-state index contributed by atoms with van der Waals surface area (Å²) in [6, 6.07) is 7.36. The number of carbonyl (C=O) groups is 1. The van der Waals surface area contributed by atoms with Crippen molar-refractivity contribution in [2.45, 2.75) is 25.8 Å². The largest absolute Gasteiger partial charge is 0.395 e. The second-order valence-electron chi connectivity index (χ2n) is 5.21. The molecule has 4 nitrogen and oxygen atoms in total. The van der Waals surface area contributed by atoms with E-state index in [1.165, 1.54) is 0 Å². The van der Waals surface area contributed by atoms with Gasteiger partial charge in [-0.1, -0.05) is 24.0 Å². The van der Waals surface area contributed by atoms with E-state index in [9.17, 15) is 4.79 Å². The van der Waals surface area contributed by atoms with Crippen LogP contribution < -0.4 is 5.32 Å². The fraction of sp³-hybridized carbons (Fsp3) is 0.471. The van der Waals surface area contributed by atoms with Gasteiger partial charge < -0.3 is 15.2 Å². The zero-order chi connectivity index (χ0) is 15.1. The molecule has 1 fully saturated rings. The Morgan fingerprint density at radius 3 is 3.05 bits per heavy atom. The van der Waals surface area contributed by atoms with Crippen molar-refractivity contribution in [1.82, 2.24) is 5.32 Å². The molecule has 2 atom stereocenters. The fourth-order valence-electron chi connectivity index (χ4n) is 2.35. The lowest BCUT2D eigenvalue weighted by Crippen LogP contribution is -2.38.